The monoisotopic (exact) mass is 362 g/mol. The van der Waals surface area contributed by atoms with E-state index < -0.39 is 0 Å². The minimum atomic E-state index is 0.0305. The highest BCUT2D eigenvalue weighted by Gasteiger charge is 2.21. The predicted molar refractivity (Wildman–Crippen MR) is 102 cm³/mol. The third-order valence-corrected chi connectivity index (χ3v) is 4.97. The van der Waals surface area contributed by atoms with Crippen LogP contribution < -0.4 is 15.4 Å². The lowest BCUT2D eigenvalue weighted by molar-refractivity contribution is -0.124. The molecule has 1 unspecified atom stereocenters. The highest BCUT2D eigenvalue weighted by atomic mass is 32.1. The molecule has 1 saturated carbocycles. The van der Waals surface area contributed by atoms with Crippen molar-refractivity contribution in [1.29, 1.82) is 0 Å². The lowest BCUT2D eigenvalue weighted by Gasteiger charge is -2.21. The molecule has 25 heavy (non-hydrogen) atoms. The molecule has 1 saturated heterocycles. The summed E-state index contributed by atoms with van der Waals surface area (Å²) in [6, 6.07) is 7.59. The molecule has 1 aliphatic carbocycles. The Kier molecular flexibility index (Phi) is 6.64. The number of carbonyl (C=O) groups is 1. The molecule has 3 rings (SSSR count). The van der Waals surface area contributed by atoms with Crippen molar-refractivity contribution in [2.75, 3.05) is 18.5 Å². The second-order valence-electron chi connectivity index (χ2n) is 6.75. The number of ether oxygens (including phenoxy) is 2. The number of amides is 1. The highest BCUT2D eigenvalue weighted by Crippen LogP contribution is 2.24. The van der Waals surface area contributed by atoms with E-state index in [0.717, 1.165) is 56.6 Å². The molecule has 136 valence electrons. The van der Waals surface area contributed by atoms with Crippen LogP contribution in [0.2, 0.25) is 0 Å². The van der Waals surface area contributed by atoms with Gasteiger partial charge in [0.25, 0.3) is 0 Å². The summed E-state index contributed by atoms with van der Waals surface area (Å²) in [6.45, 7) is 1.39. The van der Waals surface area contributed by atoms with Crippen molar-refractivity contribution < 1.29 is 14.3 Å². The van der Waals surface area contributed by atoms with E-state index in [0.29, 0.717) is 11.7 Å². The van der Waals surface area contributed by atoms with Crippen LogP contribution in [-0.4, -0.2) is 30.3 Å². The number of anilines is 1. The average molecular weight is 362 g/mol. The molecule has 5 nitrogen and oxygen atoms in total. The Morgan fingerprint density at radius 1 is 1.20 bits per heavy atom. The van der Waals surface area contributed by atoms with Gasteiger partial charge in [-0.3, -0.25) is 4.79 Å². The maximum atomic E-state index is 12.2. The lowest BCUT2D eigenvalue weighted by Crippen LogP contribution is -2.38. The largest absolute Gasteiger partial charge is 0.491 e. The van der Waals surface area contributed by atoms with E-state index in [9.17, 15) is 4.79 Å². The third kappa shape index (κ3) is 5.68. The molecule has 0 bridgehead atoms. The molecular weight excluding hydrogens is 336 g/mol. The zero-order chi connectivity index (χ0) is 17.5. The van der Waals surface area contributed by atoms with Crippen LogP contribution in [0.4, 0.5) is 5.69 Å². The van der Waals surface area contributed by atoms with E-state index in [4.69, 9.17) is 21.7 Å². The summed E-state index contributed by atoms with van der Waals surface area (Å²) in [4.78, 5) is 12.2. The van der Waals surface area contributed by atoms with Gasteiger partial charge in [0.2, 0.25) is 5.91 Å². The second-order valence-corrected chi connectivity index (χ2v) is 7.16. The Hall–Kier alpha value is -1.66. The summed E-state index contributed by atoms with van der Waals surface area (Å²) >= 11 is 5.27. The van der Waals surface area contributed by atoms with Crippen LogP contribution >= 0.6 is 12.2 Å². The number of benzene rings is 1. The minimum Gasteiger partial charge on any atom is -0.491 e. The molecule has 6 heteroatoms. The van der Waals surface area contributed by atoms with E-state index in [-0.39, 0.29) is 17.9 Å². The molecule has 1 aromatic rings. The van der Waals surface area contributed by atoms with Gasteiger partial charge in [0, 0.05) is 24.3 Å². The number of carbonyl (C=O) groups excluding carboxylic acids is 1. The van der Waals surface area contributed by atoms with Crippen molar-refractivity contribution >= 4 is 28.9 Å². The fraction of sp³-hybridized carbons (Fsp3) is 0.579. The summed E-state index contributed by atoms with van der Waals surface area (Å²) in [5.74, 6) is 0.888. The average Bonchev–Trinajstić information content (AvgIpc) is 3.14. The van der Waals surface area contributed by atoms with E-state index in [1.54, 1.807) is 0 Å². The Morgan fingerprint density at radius 3 is 2.80 bits per heavy atom. The molecule has 1 aromatic carbocycles. The highest BCUT2D eigenvalue weighted by molar-refractivity contribution is 7.80. The van der Waals surface area contributed by atoms with Crippen LogP contribution in [0.25, 0.3) is 0 Å². The predicted octanol–water partition coefficient (Wildman–Crippen LogP) is 3.64. The van der Waals surface area contributed by atoms with Crippen molar-refractivity contribution in [1.82, 2.24) is 5.32 Å². The zero-order valence-electron chi connectivity index (χ0n) is 14.5. The van der Waals surface area contributed by atoms with Crippen LogP contribution in [-0.2, 0) is 9.53 Å². The number of nitrogens with one attached hydrogen (secondary N) is 2. The molecule has 1 amide bonds. The van der Waals surface area contributed by atoms with Crippen LogP contribution in [0, 0.1) is 5.92 Å². The molecule has 1 atom stereocenters. The SMILES string of the molecule is O=C(NC(=S)Nc1cccc(OCC2CCCO2)c1)C1CCCCC1. The van der Waals surface area contributed by atoms with Gasteiger partial charge in [-0.1, -0.05) is 25.3 Å². The third-order valence-electron chi connectivity index (χ3n) is 4.76. The summed E-state index contributed by atoms with van der Waals surface area (Å²) in [5.41, 5.74) is 0.804. The van der Waals surface area contributed by atoms with Gasteiger partial charge in [-0.2, -0.15) is 0 Å². The van der Waals surface area contributed by atoms with Crippen molar-refractivity contribution in [2.45, 2.75) is 51.0 Å². The molecule has 2 aliphatic rings. The quantitative estimate of drug-likeness (QED) is 0.783. The minimum absolute atomic E-state index is 0.0305. The summed E-state index contributed by atoms with van der Waals surface area (Å²) in [6.07, 6.45) is 7.74. The second kappa shape index (κ2) is 9.15. The van der Waals surface area contributed by atoms with Gasteiger partial charge in [0.15, 0.2) is 5.11 Å². The molecule has 1 aliphatic heterocycles. The van der Waals surface area contributed by atoms with Gasteiger partial charge >= 0.3 is 0 Å². The molecule has 1 heterocycles. The topological polar surface area (TPSA) is 59.6 Å². The van der Waals surface area contributed by atoms with Crippen LogP contribution in [0.1, 0.15) is 44.9 Å². The van der Waals surface area contributed by atoms with E-state index in [2.05, 4.69) is 10.6 Å². The standard InChI is InChI=1S/C19H26N2O3S/c22-18(14-6-2-1-3-7-14)21-19(25)20-15-8-4-9-16(12-15)24-13-17-10-5-11-23-17/h4,8-9,12,14,17H,1-3,5-7,10-11,13H2,(H2,20,21,22,25). The molecule has 2 fully saturated rings. The van der Waals surface area contributed by atoms with Crippen molar-refractivity contribution in [3.8, 4) is 5.75 Å². The maximum absolute atomic E-state index is 12.2. The number of rotatable bonds is 5. The summed E-state index contributed by atoms with van der Waals surface area (Å²) < 4.78 is 11.4. The lowest BCUT2D eigenvalue weighted by atomic mass is 9.89. The van der Waals surface area contributed by atoms with Gasteiger partial charge < -0.3 is 20.1 Å². The molecule has 0 radical (unpaired) electrons. The van der Waals surface area contributed by atoms with Gasteiger partial charge in [0.05, 0.1) is 6.10 Å². The van der Waals surface area contributed by atoms with Crippen molar-refractivity contribution in [2.24, 2.45) is 5.92 Å². The zero-order valence-corrected chi connectivity index (χ0v) is 15.3. The van der Waals surface area contributed by atoms with Crippen molar-refractivity contribution in [3.05, 3.63) is 24.3 Å². The maximum Gasteiger partial charge on any atom is 0.229 e. The summed E-state index contributed by atoms with van der Waals surface area (Å²) in [5, 5.41) is 6.22. The summed E-state index contributed by atoms with van der Waals surface area (Å²) in [7, 11) is 0. The number of thiocarbonyl (C=S) groups is 1. The van der Waals surface area contributed by atoms with E-state index in [1.165, 1.54) is 6.42 Å². The van der Waals surface area contributed by atoms with E-state index in [1.807, 2.05) is 24.3 Å². The molecular formula is C19H26N2O3S. The first-order valence-electron chi connectivity index (χ1n) is 9.17. The first-order chi connectivity index (χ1) is 12.2. The molecule has 2 N–H and O–H groups in total. The molecule has 0 spiro atoms. The Bertz CT molecular complexity index is 596. The molecule has 0 aromatic heterocycles. The number of hydrogen-bond acceptors (Lipinski definition) is 4. The van der Waals surface area contributed by atoms with Crippen LogP contribution in [0.15, 0.2) is 24.3 Å². The normalized spacial score (nSPS) is 20.9. The Labute approximate surface area is 154 Å². The first kappa shape index (κ1) is 18.1. The fourth-order valence-electron chi connectivity index (χ4n) is 3.37. The van der Waals surface area contributed by atoms with Gasteiger partial charge in [-0.05, 0) is 50.0 Å². The van der Waals surface area contributed by atoms with Gasteiger partial charge in [0.1, 0.15) is 12.4 Å². The Morgan fingerprint density at radius 2 is 2.04 bits per heavy atom. The smallest absolute Gasteiger partial charge is 0.229 e. The first-order valence-corrected chi connectivity index (χ1v) is 9.58. The van der Waals surface area contributed by atoms with Crippen LogP contribution in [0.5, 0.6) is 5.75 Å². The van der Waals surface area contributed by atoms with Gasteiger partial charge in [-0.15, -0.1) is 0 Å². The van der Waals surface area contributed by atoms with E-state index >= 15 is 0 Å². The van der Waals surface area contributed by atoms with Crippen LogP contribution in [0.3, 0.4) is 0 Å². The van der Waals surface area contributed by atoms with Gasteiger partial charge in [-0.25, -0.2) is 0 Å². The van der Waals surface area contributed by atoms with Crippen molar-refractivity contribution in [3.63, 3.8) is 0 Å². The number of hydrogen-bond donors (Lipinski definition) is 2. The Balaban J connectivity index is 1.47. The fourth-order valence-corrected chi connectivity index (χ4v) is 3.59.